The van der Waals surface area contributed by atoms with Crippen molar-refractivity contribution in [1.29, 1.82) is 0 Å². The number of nitrogens with one attached hydrogen (secondary N) is 1. The number of methoxy groups -OCH3 is 2. The zero-order valence-electron chi connectivity index (χ0n) is 22.9. The molecule has 0 radical (unpaired) electrons. The van der Waals surface area contributed by atoms with E-state index in [1.54, 1.807) is 56.4 Å². The summed E-state index contributed by atoms with van der Waals surface area (Å²) in [5.41, 5.74) is 2.15. The Kier molecular flexibility index (Phi) is 9.51. The summed E-state index contributed by atoms with van der Waals surface area (Å²) in [7, 11) is 3.11. The monoisotopic (exact) mass is 579 g/mol. The number of nitrogens with zero attached hydrogens (tertiary/aromatic N) is 2. The summed E-state index contributed by atoms with van der Waals surface area (Å²) in [6.07, 6.45) is 0.320. The van der Waals surface area contributed by atoms with Gasteiger partial charge < -0.3 is 24.4 Å². The molecule has 0 aromatic heterocycles. The van der Waals surface area contributed by atoms with E-state index in [1.807, 2.05) is 12.1 Å². The standard InChI is InChI=1S/C30H30FN3O6S/c1-4-40-29(37)20-6-10-22(11-7-20)32-27(35)18-24-28(36)34(23-12-8-21(31)9-13-23)30(41)33(24)16-15-19-5-14-25(38-2)26(17-19)39-3/h5-14,17,24H,4,15-16,18H2,1-3H3,(H,32,35)/t24-/m0/s1. The molecule has 1 N–H and O–H groups in total. The number of carbonyl (C=O) groups is 3. The number of benzene rings is 3. The zero-order chi connectivity index (χ0) is 29.5. The first-order chi connectivity index (χ1) is 19.7. The van der Waals surface area contributed by atoms with Gasteiger partial charge in [-0.25, -0.2) is 9.18 Å². The molecule has 3 aromatic rings. The second kappa shape index (κ2) is 13.2. The van der Waals surface area contributed by atoms with Crippen molar-refractivity contribution in [2.45, 2.75) is 25.8 Å². The maximum atomic E-state index is 13.6. The van der Waals surface area contributed by atoms with E-state index in [0.29, 0.717) is 41.4 Å². The van der Waals surface area contributed by atoms with Gasteiger partial charge in [0.15, 0.2) is 16.6 Å². The largest absolute Gasteiger partial charge is 0.493 e. The highest BCUT2D eigenvalue weighted by Gasteiger charge is 2.44. The van der Waals surface area contributed by atoms with Gasteiger partial charge in [-0.05, 0) is 91.8 Å². The Bertz CT molecular complexity index is 1430. The second-order valence-corrected chi connectivity index (χ2v) is 9.50. The Labute approximate surface area is 242 Å². The fourth-order valence-electron chi connectivity index (χ4n) is 4.49. The van der Waals surface area contributed by atoms with E-state index in [4.69, 9.17) is 26.4 Å². The van der Waals surface area contributed by atoms with Crippen molar-refractivity contribution in [2.75, 3.05) is 37.6 Å². The van der Waals surface area contributed by atoms with Gasteiger partial charge >= 0.3 is 5.97 Å². The van der Waals surface area contributed by atoms with Crippen LogP contribution in [0.25, 0.3) is 0 Å². The molecule has 1 atom stereocenters. The molecule has 0 spiro atoms. The Hall–Kier alpha value is -4.51. The summed E-state index contributed by atoms with van der Waals surface area (Å²) in [5, 5.41) is 3.00. The van der Waals surface area contributed by atoms with Gasteiger partial charge in [-0.15, -0.1) is 0 Å². The van der Waals surface area contributed by atoms with Crippen LogP contribution in [-0.4, -0.2) is 61.2 Å². The van der Waals surface area contributed by atoms with E-state index in [9.17, 15) is 18.8 Å². The quantitative estimate of drug-likeness (QED) is 0.260. The minimum atomic E-state index is -0.883. The third-order valence-electron chi connectivity index (χ3n) is 6.55. The molecule has 1 saturated heterocycles. The predicted molar refractivity (Wildman–Crippen MR) is 156 cm³/mol. The SMILES string of the molecule is CCOC(=O)c1ccc(NC(=O)C[C@H]2C(=O)N(c3ccc(F)cc3)C(=S)N2CCc2ccc(OC)c(OC)c2)cc1. The smallest absolute Gasteiger partial charge is 0.338 e. The Morgan fingerprint density at radius 3 is 2.29 bits per heavy atom. The molecule has 41 heavy (non-hydrogen) atoms. The highest BCUT2D eigenvalue weighted by molar-refractivity contribution is 7.80. The number of halogens is 1. The van der Waals surface area contributed by atoms with Crippen molar-refractivity contribution < 1.29 is 33.0 Å². The van der Waals surface area contributed by atoms with Crippen LogP contribution < -0.4 is 19.7 Å². The summed E-state index contributed by atoms with van der Waals surface area (Å²) < 4.78 is 29.3. The lowest BCUT2D eigenvalue weighted by Gasteiger charge is -2.24. The topological polar surface area (TPSA) is 97.4 Å². The van der Waals surface area contributed by atoms with Crippen LogP contribution in [0.4, 0.5) is 15.8 Å². The molecule has 214 valence electrons. The summed E-state index contributed by atoms with van der Waals surface area (Å²) in [4.78, 5) is 41.6. The van der Waals surface area contributed by atoms with E-state index >= 15 is 0 Å². The maximum Gasteiger partial charge on any atom is 0.338 e. The van der Waals surface area contributed by atoms with Crippen molar-refractivity contribution in [3.63, 3.8) is 0 Å². The average molecular weight is 580 g/mol. The van der Waals surface area contributed by atoms with Gasteiger partial charge in [-0.2, -0.15) is 0 Å². The van der Waals surface area contributed by atoms with E-state index in [1.165, 1.54) is 29.2 Å². The van der Waals surface area contributed by atoms with Gasteiger partial charge in [-0.3, -0.25) is 14.5 Å². The van der Waals surface area contributed by atoms with Crippen LogP contribution in [0.3, 0.4) is 0 Å². The highest BCUT2D eigenvalue weighted by atomic mass is 32.1. The predicted octanol–water partition coefficient (Wildman–Crippen LogP) is 4.59. The Morgan fingerprint density at radius 1 is 0.976 bits per heavy atom. The van der Waals surface area contributed by atoms with Crippen LogP contribution in [-0.2, 0) is 20.7 Å². The normalized spacial score (nSPS) is 14.7. The first kappa shape index (κ1) is 29.5. The van der Waals surface area contributed by atoms with Crippen molar-refractivity contribution in [3.05, 3.63) is 83.7 Å². The minimum absolute atomic E-state index is 0.178. The lowest BCUT2D eigenvalue weighted by molar-refractivity contribution is -0.124. The fourth-order valence-corrected chi connectivity index (χ4v) is 4.91. The molecule has 9 nitrogen and oxygen atoms in total. The third-order valence-corrected chi connectivity index (χ3v) is 6.97. The maximum absolute atomic E-state index is 13.6. The number of esters is 1. The number of ether oxygens (including phenoxy) is 3. The number of amides is 2. The minimum Gasteiger partial charge on any atom is -0.493 e. The van der Waals surface area contributed by atoms with Gasteiger partial charge in [0.05, 0.1) is 38.5 Å². The molecular weight excluding hydrogens is 549 g/mol. The molecule has 1 aliphatic heterocycles. The lowest BCUT2D eigenvalue weighted by atomic mass is 10.1. The zero-order valence-corrected chi connectivity index (χ0v) is 23.7. The van der Waals surface area contributed by atoms with Crippen LogP contribution in [0.1, 0.15) is 29.3 Å². The molecule has 0 bridgehead atoms. The van der Waals surface area contributed by atoms with Gasteiger partial charge in [0.1, 0.15) is 11.9 Å². The third kappa shape index (κ3) is 6.80. The first-order valence-corrected chi connectivity index (χ1v) is 13.3. The van der Waals surface area contributed by atoms with Gasteiger partial charge in [0, 0.05) is 12.2 Å². The average Bonchev–Trinajstić information content (AvgIpc) is 3.20. The lowest BCUT2D eigenvalue weighted by Crippen LogP contribution is -2.39. The number of hydrogen-bond acceptors (Lipinski definition) is 7. The van der Waals surface area contributed by atoms with Crippen LogP contribution in [0, 0.1) is 5.82 Å². The molecular formula is C30H30FN3O6S. The van der Waals surface area contributed by atoms with E-state index in [2.05, 4.69) is 5.32 Å². The van der Waals surface area contributed by atoms with Crippen molar-refractivity contribution >= 4 is 46.5 Å². The molecule has 1 heterocycles. The van der Waals surface area contributed by atoms with E-state index < -0.39 is 23.7 Å². The summed E-state index contributed by atoms with van der Waals surface area (Å²) in [5.74, 6) is -0.532. The van der Waals surface area contributed by atoms with Crippen molar-refractivity contribution in [3.8, 4) is 11.5 Å². The van der Waals surface area contributed by atoms with Crippen LogP contribution in [0.5, 0.6) is 11.5 Å². The molecule has 3 aromatic carbocycles. The summed E-state index contributed by atoms with van der Waals surface area (Å²) in [6, 6.07) is 16.4. The molecule has 1 fully saturated rings. The highest BCUT2D eigenvalue weighted by Crippen LogP contribution is 2.30. The molecule has 4 rings (SSSR count). The summed E-state index contributed by atoms with van der Waals surface area (Å²) in [6.45, 7) is 2.31. The first-order valence-electron chi connectivity index (χ1n) is 12.9. The molecule has 1 aliphatic rings. The van der Waals surface area contributed by atoms with Crippen LogP contribution in [0.2, 0.25) is 0 Å². The molecule has 0 aliphatic carbocycles. The van der Waals surface area contributed by atoms with Gasteiger partial charge in [0.2, 0.25) is 5.91 Å². The van der Waals surface area contributed by atoms with E-state index in [0.717, 1.165) is 5.56 Å². The fraction of sp³-hybridized carbons (Fsp3) is 0.267. The van der Waals surface area contributed by atoms with Crippen molar-refractivity contribution in [1.82, 2.24) is 4.90 Å². The van der Waals surface area contributed by atoms with Crippen LogP contribution in [0.15, 0.2) is 66.7 Å². The number of carbonyl (C=O) groups excluding carboxylic acids is 3. The Balaban J connectivity index is 1.53. The Morgan fingerprint density at radius 2 is 1.66 bits per heavy atom. The number of anilines is 2. The summed E-state index contributed by atoms with van der Waals surface area (Å²) >= 11 is 5.69. The molecule has 0 unspecified atom stereocenters. The number of rotatable bonds is 11. The molecule has 2 amide bonds. The van der Waals surface area contributed by atoms with Gasteiger partial charge in [0.25, 0.3) is 5.91 Å². The van der Waals surface area contributed by atoms with E-state index in [-0.39, 0.29) is 24.0 Å². The van der Waals surface area contributed by atoms with Crippen molar-refractivity contribution in [2.24, 2.45) is 0 Å². The molecule has 11 heteroatoms. The second-order valence-electron chi connectivity index (χ2n) is 9.13. The number of hydrogen-bond donors (Lipinski definition) is 1. The number of thiocarbonyl (C=S) groups is 1. The van der Waals surface area contributed by atoms with Gasteiger partial charge in [-0.1, -0.05) is 6.07 Å². The molecule has 0 saturated carbocycles. The van der Waals surface area contributed by atoms with Crippen LogP contribution >= 0.6 is 12.2 Å².